The van der Waals surface area contributed by atoms with Crippen LogP contribution in [0.15, 0.2) is 72.3 Å². The van der Waals surface area contributed by atoms with Crippen LogP contribution in [-0.2, 0) is 9.59 Å². The summed E-state index contributed by atoms with van der Waals surface area (Å²) in [6, 6.07) is 16.1. The number of rotatable bonds is 5. The molecule has 6 nitrogen and oxygen atoms in total. The van der Waals surface area contributed by atoms with Crippen LogP contribution in [0.5, 0.6) is 5.75 Å². The number of aliphatic hydroxyl groups is 1. The molecule has 0 unspecified atom stereocenters. The fourth-order valence-electron chi connectivity index (χ4n) is 4.01. The standard InChI is InChI=1S/C26H18ClFN2O4S/c1-2-34-18-11-12-19-20(13-18)35-26(29-19)30-22(14-3-7-16(27)8-4-14)21(24(32)25(30)33)23(31)15-5-9-17(28)10-6-15/h3-13,22,31H,2H2,1H3/t22-/m1/s1. The molecule has 4 aromatic rings. The molecule has 3 aromatic carbocycles. The van der Waals surface area contributed by atoms with Crippen LogP contribution in [0.1, 0.15) is 24.1 Å². The number of aromatic nitrogens is 1. The summed E-state index contributed by atoms with van der Waals surface area (Å²) in [5.41, 5.74) is 1.31. The van der Waals surface area contributed by atoms with Crippen LogP contribution < -0.4 is 9.64 Å². The third-order valence-corrected chi connectivity index (χ3v) is 6.88. The van der Waals surface area contributed by atoms with Gasteiger partial charge in [0.2, 0.25) is 0 Å². The van der Waals surface area contributed by atoms with E-state index in [1.165, 1.54) is 40.5 Å². The zero-order chi connectivity index (χ0) is 24.7. The molecule has 0 saturated carbocycles. The average Bonchev–Trinajstić information content (AvgIpc) is 3.38. The van der Waals surface area contributed by atoms with Gasteiger partial charge < -0.3 is 9.84 Å². The van der Waals surface area contributed by atoms with E-state index in [1.807, 2.05) is 13.0 Å². The Bertz CT molecular complexity index is 1480. The Kier molecular flexibility index (Phi) is 6.00. The van der Waals surface area contributed by atoms with Crippen LogP contribution in [-0.4, -0.2) is 28.4 Å². The molecule has 1 atom stereocenters. The van der Waals surface area contributed by atoms with Crippen molar-refractivity contribution in [3.63, 3.8) is 0 Å². The van der Waals surface area contributed by atoms with Gasteiger partial charge >= 0.3 is 5.91 Å². The Labute approximate surface area is 208 Å². The van der Waals surface area contributed by atoms with Gasteiger partial charge in [-0.3, -0.25) is 14.5 Å². The third-order valence-electron chi connectivity index (χ3n) is 5.61. The van der Waals surface area contributed by atoms with Crippen LogP contribution in [0.25, 0.3) is 16.0 Å². The highest BCUT2D eigenvalue weighted by Gasteiger charge is 2.48. The molecule has 2 heterocycles. The zero-order valence-electron chi connectivity index (χ0n) is 18.4. The van der Waals surface area contributed by atoms with Crippen molar-refractivity contribution in [1.82, 2.24) is 4.98 Å². The van der Waals surface area contributed by atoms with Crippen molar-refractivity contribution in [2.24, 2.45) is 0 Å². The molecule has 0 spiro atoms. The molecule has 1 aromatic heterocycles. The molecule has 1 aliphatic heterocycles. The van der Waals surface area contributed by atoms with E-state index < -0.39 is 29.3 Å². The number of hydrogen-bond acceptors (Lipinski definition) is 6. The van der Waals surface area contributed by atoms with Crippen molar-refractivity contribution in [3.05, 3.63) is 94.3 Å². The molecule has 9 heteroatoms. The van der Waals surface area contributed by atoms with Crippen molar-refractivity contribution < 1.29 is 23.8 Å². The molecule has 0 aliphatic carbocycles. The molecule has 1 fully saturated rings. The topological polar surface area (TPSA) is 79.7 Å². The van der Waals surface area contributed by atoms with E-state index in [-0.39, 0.29) is 11.1 Å². The number of ketones is 1. The maximum atomic E-state index is 13.5. The van der Waals surface area contributed by atoms with E-state index in [4.69, 9.17) is 16.3 Å². The maximum absolute atomic E-state index is 13.5. The molecule has 0 radical (unpaired) electrons. The average molecular weight is 509 g/mol. The second-order valence-electron chi connectivity index (χ2n) is 7.79. The lowest BCUT2D eigenvalue weighted by atomic mass is 9.95. The summed E-state index contributed by atoms with van der Waals surface area (Å²) >= 11 is 7.30. The van der Waals surface area contributed by atoms with E-state index in [0.717, 1.165) is 4.70 Å². The van der Waals surface area contributed by atoms with Crippen LogP contribution >= 0.6 is 22.9 Å². The Morgan fingerprint density at radius 1 is 1.11 bits per heavy atom. The van der Waals surface area contributed by atoms with E-state index in [1.54, 1.807) is 36.4 Å². The molecule has 1 amide bonds. The number of aliphatic hydroxyl groups excluding tert-OH is 1. The van der Waals surface area contributed by atoms with Crippen LogP contribution in [0, 0.1) is 5.82 Å². The summed E-state index contributed by atoms with van der Waals surface area (Å²) < 4.78 is 19.8. The van der Waals surface area contributed by atoms with Gasteiger partial charge in [-0.25, -0.2) is 9.37 Å². The Balaban J connectivity index is 1.69. The van der Waals surface area contributed by atoms with Gasteiger partial charge in [0.25, 0.3) is 5.78 Å². The summed E-state index contributed by atoms with van der Waals surface area (Å²) in [6.45, 7) is 2.39. The third kappa shape index (κ3) is 4.15. The minimum atomic E-state index is -0.954. The summed E-state index contributed by atoms with van der Waals surface area (Å²) in [5.74, 6) is -1.90. The van der Waals surface area contributed by atoms with Gasteiger partial charge in [-0.05, 0) is 67.1 Å². The Morgan fingerprint density at radius 3 is 2.51 bits per heavy atom. The molecule has 1 saturated heterocycles. The second-order valence-corrected chi connectivity index (χ2v) is 9.23. The largest absolute Gasteiger partial charge is 0.507 e. The van der Waals surface area contributed by atoms with Crippen molar-refractivity contribution in [2.75, 3.05) is 11.5 Å². The minimum Gasteiger partial charge on any atom is -0.507 e. The van der Waals surface area contributed by atoms with Crippen molar-refractivity contribution in [2.45, 2.75) is 13.0 Å². The lowest BCUT2D eigenvalue weighted by molar-refractivity contribution is -0.132. The van der Waals surface area contributed by atoms with Gasteiger partial charge in [-0.2, -0.15) is 0 Å². The first-order chi connectivity index (χ1) is 16.9. The quantitative estimate of drug-likeness (QED) is 0.200. The zero-order valence-corrected chi connectivity index (χ0v) is 19.9. The first kappa shape index (κ1) is 23.0. The number of carbonyl (C=O) groups is 2. The fourth-order valence-corrected chi connectivity index (χ4v) is 5.15. The van der Waals surface area contributed by atoms with Gasteiger partial charge in [0.05, 0.1) is 28.4 Å². The first-order valence-electron chi connectivity index (χ1n) is 10.7. The number of carbonyl (C=O) groups excluding carboxylic acids is 2. The highest BCUT2D eigenvalue weighted by atomic mass is 35.5. The van der Waals surface area contributed by atoms with Crippen molar-refractivity contribution in [3.8, 4) is 5.75 Å². The van der Waals surface area contributed by atoms with Crippen molar-refractivity contribution in [1.29, 1.82) is 0 Å². The number of halogens is 2. The number of ether oxygens (including phenoxy) is 1. The number of Topliss-reactive ketones (excluding diaryl/α,β-unsaturated/α-hetero) is 1. The highest BCUT2D eigenvalue weighted by molar-refractivity contribution is 7.22. The number of hydrogen-bond donors (Lipinski definition) is 1. The normalized spacial score (nSPS) is 17.3. The lowest BCUT2D eigenvalue weighted by Gasteiger charge is -2.23. The number of thiazole rings is 1. The van der Waals surface area contributed by atoms with Gasteiger partial charge in [0.1, 0.15) is 17.3 Å². The predicted molar refractivity (Wildman–Crippen MR) is 133 cm³/mol. The molecular weight excluding hydrogens is 491 g/mol. The highest BCUT2D eigenvalue weighted by Crippen LogP contribution is 2.44. The summed E-state index contributed by atoms with van der Waals surface area (Å²) in [5, 5.41) is 11.9. The van der Waals surface area contributed by atoms with E-state index in [9.17, 15) is 19.1 Å². The number of benzene rings is 3. The fraction of sp³-hybridized carbons (Fsp3) is 0.115. The predicted octanol–water partition coefficient (Wildman–Crippen LogP) is 6.11. The monoisotopic (exact) mass is 508 g/mol. The number of anilines is 1. The molecule has 1 N–H and O–H groups in total. The van der Waals surface area contributed by atoms with Gasteiger partial charge in [-0.15, -0.1) is 0 Å². The van der Waals surface area contributed by atoms with Gasteiger partial charge in [0, 0.05) is 10.6 Å². The summed E-state index contributed by atoms with van der Waals surface area (Å²) in [6.07, 6.45) is 0. The van der Waals surface area contributed by atoms with Gasteiger partial charge in [0.15, 0.2) is 5.13 Å². The first-order valence-corrected chi connectivity index (χ1v) is 11.9. The number of nitrogens with zero attached hydrogens (tertiary/aromatic N) is 2. The van der Waals surface area contributed by atoms with E-state index >= 15 is 0 Å². The van der Waals surface area contributed by atoms with Crippen molar-refractivity contribution >= 4 is 55.7 Å². The summed E-state index contributed by atoms with van der Waals surface area (Å²) in [4.78, 5) is 32.4. The number of fused-ring (bicyclic) bond motifs is 1. The SMILES string of the molecule is CCOc1ccc2nc(N3C(=O)C(=O)C(=C(O)c4ccc(F)cc4)[C@H]3c3ccc(Cl)cc3)sc2c1. The molecule has 35 heavy (non-hydrogen) atoms. The minimum absolute atomic E-state index is 0.113. The molecule has 176 valence electrons. The number of amides is 1. The molecule has 0 bridgehead atoms. The smallest absolute Gasteiger partial charge is 0.301 e. The molecule has 5 rings (SSSR count). The van der Waals surface area contributed by atoms with E-state index in [2.05, 4.69) is 4.98 Å². The van der Waals surface area contributed by atoms with Crippen LogP contribution in [0.4, 0.5) is 9.52 Å². The second kappa shape index (κ2) is 9.13. The maximum Gasteiger partial charge on any atom is 0.301 e. The lowest BCUT2D eigenvalue weighted by Crippen LogP contribution is -2.29. The summed E-state index contributed by atoms with van der Waals surface area (Å²) in [7, 11) is 0. The molecule has 1 aliphatic rings. The van der Waals surface area contributed by atoms with Gasteiger partial charge in [-0.1, -0.05) is 35.1 Å². The molecular formula is C26H18ClFN2O4S. The van der Waals surface area contributed by atoms with Crippen LogP contribution in [0.2, 0.25) is 5.02 Å². The van der Waals surface area contributed by atoms with E-state index in [0.29, 0.717) is 33.6 Å². The van der Waals surface area contributed by atoms with Crippen LogP contribution in [0.3, 0.4) is 0 Å². The Morgan fingerprint density at radius 2 is 1.83 bits per heavy atom. The Hall–Kier alpha value is -3.75.